The van der Waals surface area contributed by atoms with E-state index in [4.69, 9.17) is 19.3 Å². The van der Waals surface area contributed by atoms with Gasteiger partial charge in [-0.05, 0) is 19.3 Å². The van der Waals surface area contributed by atoms with Crippen molar-refractivity contribution >= 4 is 5.71 Å². The first-order chi connectivity index (χ1) is 8.70. The van der Waals surface area contributed by atoms with Crippen LogP contribution in [-0.4, -0.2) is 24.4 Å². The molecule has 1 saturated carbocycles. The molecule has 2 aliphatic rings. The molecule has 2 rings (SSSR count). The summed E-state index contributed by atoms with van der Waals surface area (Å²) < 4.78 is 6.18. The molecular weight excluding hydrogens is 234 g/mol. The van der Waals surface area contributed by atoms with Gasteiger partial charge in [0.25, 0.3) is 0 Å². The third kappa shape index (κ3) is 2.39. The van der Waals surface area contributed by atoms with E-state index in [0.29, 0.717) is 12.8 Å². The highest BCUT2D eigenvalue weighted by molar-refractivity contribution is 5.90. The first kappa shape index (κ1) is 13.8. The SMILES string of the molecule is CC/C(=N\OC)C1(CC)OOC2(CCCCC2)O1. The van der Waals surface area contributed by atoms with Crippen molar-refractivity contribution in [3.05, 3.63) is 0 Å². The summed E-state index contributed by atoms with van der Waals surface area (Å²) in [6, 6.07) is 0. The fourth-order valence-electron chi connectivity index (χ4n) is 2.71. The van der Waals surface area contributed by atoms with E-state index in [9.17, 15) is 0 Å². The molecular formula is C13H23NO4. The first-order valence-corrected chi connectivity index (χ1v) is 6.88. The lowest BCUT2D eigenvalue weighted by atomic mass is 9.93. The van der Waals surface area contributed by atoms with Gasteiger partial charge in [-0.15, -0.1) is 0 Å². The van der Waals surface area contributed by atoms with Crippen molar-refractivity contribution in [3.63, 3.8) is 0 Å². The van der Waals surface area contributed by atoms with Crippen LogP contribution in [0.4, 0.5) is 0 Å². The van der Waals surface area contributed by atoms with Gasteiger partial charge in [-0.25, -0.2) is 0 Å². The molecule has 2 fully saturated rings. The molecule has 0 aromatic carbocycles. The van der Waals surface area contributed by atoms with Crippen LogP contribution in [0.5, 0.6) is 0 Å². The Hall–Kier alpha value is -0.650. The van der Waals surface area contributed by atoms with Crippen molar-refractivity contribution in [2.24, 2.45) is 5.16 Å². The number of hydrogen-bond donors (Lipinski definition) is 0. The van der Waals surface area contributed by atoms with Gasteiger partial charge in [-0.1, -0.05) is 25.4 Å². The summed E-state index contributed by atoms with van der Waals surface area (Å²) in [6.45, 7) is 4.01. The maximum atomic E-state index is 6.18. The molecule has 1 heterocycles. The molecule has 0 bridgehead atoms. The van der Waals surface area contributed by atoms with E-state index in [2.05, 4.69) is 5.16 Å². The second-order valence-corrected chi connectivity index (χ2v) is 4.92. The molecule has 5 heteroatoms. The number of nitrogens with zero attached hydrogens (tertiary/aromatic N) is 1. The normalized spacial score (nSPS) is 31.8. The van der Waals surface area contributed by atoms with Crippen LogP contribution < -0.4 is 0 Å². The monoisotopic (exact) mass is 257 g/mol. The lowest BCUT2D eigenvalue weighted by Crippen LogP contribution is -2.43. The Balaban J connectivity index is 2.17. The molecule has 18 heavy (non-hydrogen) atoms. The van der Waals surface area contributed by atoms with Crippen molar-refractivity contribution < 1.29 is 19.3 Å². The van der Waals surface area contributed by atoms with Crippen LogP contribution in [0.2, 0.25) is 0 Å². The third-order valence-corrected chi connectivity index (χ3v) is 3.74. The molecule has 0 N–H and O–H groups in total. The van der Waals surface area contributed by atoms with Gasteiger partial charge >= 0.3 is 0 Å². The zero-order valence-electron chi connectivity index (χ0n) is 11.5. The summed E-state index contributed by atoms with van der Waals surface area (Å²) in [7, 11) is 1.53. The minimum atomic E-state index is -0.873. The standard InChI is InChI=1S/C13H23NO4/c1-4-11(14-15-3)13(5-2)16-12(17-18-13)9-7-6-8-10-12/h4-10H2,1-3H3/b14-11+. The number of oxime groups is 1. The fraction of sp³-hybridized carbons (Fsp3) is 0.923. The average molecular weight is 257 g/mol. The summed E-state index contributed by atoms with van der Waals surface area (Å²) in [6.07, 6.45) is 6.61. The van der Waals surface area contributed by atoms with Crippen molar-refractivity contribution in [1.29, 1.82) is 0 Å². The molecule has 1 aliphatic carbocycles. The van der Waals surface area contributed by atoms with Gasteiger partial charge in [0.2, 0.25) is 11.6 Å². The van der Waals surface area contributed by atoms with Crippen LogP contribution >= 0.6 is 0 Å². The summed E-state index contributed by atoms with van der Waals surface area (Å²) in [5.41, 5.74) is 0.745. The fourth-order valence-corrected chi connectivity index (χ4v) is 2.71. The summed E-state index contributed by atoms with van der Waals surface area (Å²) >= 11 is 0. The summed E-state index contributed by atoms with van der Waals surface area (Å²) in [4.78, 5) is 16.0. The molecule has 0 radical (unpaired) electrons. The zero-order valence-corrected chi connectivity index (χ0v) is 11.5. The predicted octanol–water partition coefficient (Wildman–Crippen LogP) is 3.14. The highest BCUT2D eigenvalue weighted by Crippen LogP contribution is 2.44. The number of rotatable bonds is 4. The first-order valence-electron chi connectivity index (χ1n) is 6.88. The van der Waals surface area contributed by atoms with Crippen LogP contribution in [-0.2, 0) is 19.3 Å². The van der Waals surface area contributed by atoms with E-state index >= 15 is 0 Å². The van der Waals surface area contributed by atoms with Crippen LogP contribution in [0, 0.1) is 0 Å². The lowest BCUT2D eigenvalue weighted by Gasteiger charge is -2.31. The van der Waals surface area contributed by atoms with Crippen molar-refractivity contribution in [1.82, 2.24) is 0 Å². The van der Waals surface area contributed by atoms with Crippen molar-refractivity contribution in [2.75, 3.05) is 7.11 Å². The van der Waals surface area contributed by atoms with Gasteiger partial charge in [0.15, 0.2) is 0 Å². The van der Waals surface area contributed by atoms with Gasteiger partial charge in [-0.3, -0.25) is 0 Å². The Labute approximate surface area is 108 Å². The lowest BCUT2D eigenvalue weighted by molar-refractivity contribution is -0.344. The number of hydrogen-bond acceptors (Lipinski definition) is 5. The highest BCUT2D eigenvalue weighted by Gasteiger charge is 2.54. The van der Waals surface area contributed by atoms with Gasteiger partial charge in [-0.2, -0.15) is 9.78 Å². The largest absolute Gasteiger partial charge is 0.399 e. The Morgan fingerprint density at radius 2 is 1.89 bits per heavy atom. The Morgan fingerprint density at radius 3 is 2.44 bits per heavy atom. The predicted molar refractivity (Wildman–Crippen MR) is 66.8 cm³/mol. The third-order valence-electron chi connectivity index (χ3n) is 3.74. The van der Waals surface area contributed by atoms with E-state index in [1.54, 1.807) is 0 Å². The van der Waals surface area contributed by atoms with Crippen LogP contribution in [0.3, 0.4) is 0 Å². The molecule has 1 atom stereocenters. The Bertz CT molecular complexity index is 312. The quantitative estimate of drug-likeness (QED) is 0.441. The van der Waals surface area contributed by atoms with E-state index in [1.165, 1.54) is 13.5 Å². The molecule has 0 amide bonds. The van der Waals surface area contributed by atoms with Gasteiger partial charge in [0.1, 0.15) is 12.8 Å². The number of ether oxygens (including phenoxy) is 1. The average Bonchev–Trinajstić information content (AvgIpc) is 2.77. The van der Waals surface area contributed by atoms with Gasteiger partial charge in [0.05, 0.1) is 0 Å². The maximum Gasteiger partial charge on any atom is 0.246 e. The Kier molecular flexibility index (Phi) is 4.25. The van der Waals surface area contributed by atoms with E-state index in [1.807, 2.05) is 13.8 Å². The summed E-state index contributed by atoms with van der Waals surface area (Å²) in [5.74, 6) is -1.44. The zero-order chi connectivity index (χ0) is 13.1. The van der Waals surface area contributed by atoms with Gasteiger partial charge in [0, 0.05) is 19.3 Å². The topological polar surface area (TPSA) is 49.3 Å². The molecule has 1 saturated heterocycles. The molecule has 0 aromatic rings. The molecule has 0 aromatic heterocycles. The molecule has 1 aliphatic heterocycles. The molecule has 104 valence electrons. The van der Waals surface area contributed by atoms with E-state index in [0.717, 1.165) is 31.4 Å². The molecule has 1 unspecified atom stereocenters. The Morgan fingerprint density at radius 1 is 1.17 bits per heavy atom. The van der Waals surface area contributed by atoms with Crippen molar-refractivity contribution in [2.45, 2.75) is 70.4 Å². The minimum absolute atomic E-state index is 0.571. The maximum absolute atomic E-state index is 6.18. The van der Waals surface area contributed by atoms with Crippen LogP contribution in [0.15, 0.2) is 5.16 Å². The van der Waals surface area contributed by atoms with E-state index in [-0.39, 0.29) is 0 Å². The van der Waals surface area contributed by atoms with Crippen LogP contribution in [0.25, 0.3) is 0 Å². The van der Waals surface area contributed by atoms with Crippen molar-refractivity contribution in [3.8, 4) is 0 Å². The van der Waals surface area contributed by atoms with E-state index < -0.39 is 11.6 Å². The molecule has 5 nitrogen and oxygen atoms in total. The smallest absolute Gasteiger partial charge is 0.246 e. The second kappa shape index (κ2) is 5.55. The van der Waals surface area contributed by atoms with Gasteiger partial charge < -0.3 is 9.57 Å². The van der Waals surface area contributed by atoms with Crippen LogP contribution in [0.1, 0.15) is 58.8 Å². The second-order valence-electron chi connectivity index (χ2n) is 4.92. The summed E-state index contributed by atoms with van der Waals surface area (Å²) in [5, 5.41) is 4.03. The minimum Gasteiger partial charge on any atom is -0.399 e. The highest BCUT2D eigenvalue weighted by atomic mass is 17.3. The molecule has 1 spiro atoms.